The molecule has 2 aliphatic rings. The first kappa shape index (κ1) is 24.3. The first-order valence-electron chi connectivity index (χ1n) is 13.0. The van der Waals surface area contributed by atoms with Crippen molar-refractivity contribution in [1.29, 1.82) is 0 Å². The summed E-state index contributed by atoms with van der Waals surface area (Å²) in [6, 6.07) is 8.94. The molecule has 2 fully saturated rings. The van der Waals surface area contributed by atoms with Crippen LogP contribution in [0.1, 0.15) is 67.8 Å². The van der Waals surface area contributed by atoms with Crippen LogP contribution < -0.4 is 10.6 Å². The maximum Gasteiger partial charge on any atom is 0.270 e. The Morgan fingerprint density at radius 2 is 1.89 bits per heavy atom. The lowest BCUT2D eigenvalue weighted by Crippen LogP contribution is -2.50. The number of aromatic amines is 1. The van der Waals surface area contributed by atoms with E-state index in [1.165, 1.54) is 12.8 Å². The largest absolute Gasteiger partial charge is 0.339 e. The van der Waals surface area contributed by atoms with E-state index in [2.05, 4.69) is 32.9 Å². The van der Waals surface area contributed by atoms with Crippen LogP contribution >= 0.6 is 0 Å². The Morgan fingerprint density at radius 3 is 2.47 bits per heavy atom. The lowest BCUT2D eigenvalue weighted by atomic mass is 9.83. The van der Waals surface area contributed by atoms with Crippen molar-refractivity contribution in [2.75, 3.05) is 5.32 Å². The SMILES string of the molecule is CCn1nccc1C(=O)N[C@@H](C(=O)Nc1ccc(-c2c(C)n[nH]c2C)cc1)[C@H](CC1(C)CC1)C1CC1. The summed E-state index contributed by atoms with van der Waals surface area (Å²) in [6.07, 6.45) is 7.20. The third-order valence-corrected chi connectivity index (χ3v) is 7.87. The number of hydrogen-bond donors (Lipinski definition) is 3. The molecule has 0 saturated heterocycles. The summed E-state index contributed by atoms with van der Waals surface area (Å²) >= 11 is 0. The van der Waals surface area contributed by atoms with Gasteiger partial charge in [0, 0.05) is 29.7 Å². The fraction of sp³-hybridized carbons (Fsp3) is 0.500. The van der Waals surface area contributed by atoms with E-state index in [1.54, 1.807) is 16.9 Å². The molecule has 2 aliphatic carbocycles. The number of nitrogens with zero attached hydrogens (tertiary/aromatic N) is 3. The van der Waals surface area contributed by atoms with Crippen molar-refractivity contribution < 1.29 is 9.59 Å². The molecule has 0 radical (unpaired) electrons. The number of nitrogens with one attached hydrogen (secondary N) is 3. The van der Waals surface area contributed by atoms with Crippen molar-refractivity contribution in [3.63, 3.8) is 0 Å². The minimum Gasteiger partial charge on any atom is -0.339 e. The van der Waals surface area contributed by atoms with Gasteiger partial charge in [-0.15, -0.1) is 0 Å². The standard InChI is InChI=1S/C28H36N6O2/c1-5-34-23(12-15-29-34)26(35)31-25(22(19-6-7-19)16-28(4)13-14-28)27(36)30-21-10-8-20(9-11-21)24-17(2)32-33-18(24)3/h8-12,15,19,22,25H,5-7,13-14,16H2,1-4H3,(H,30,36)(H,31,35)(H,32,33)/t22-,25-/m1/s1. The molecule has 3 aromatic rings. The third kappa shape index (κ3) is 5.08. The minimum absolute atomic E-state index is 0.120. The lowest BCUT2D eigenvalue weighted by Gasteiger charge is -2.29. The van der Waals surface area contributed by atoms with E-state index in [0.717, 1.165) is 41.8 Å². The Balaban J connectivity index is 1.37. The molecule has 0 unspecified atom stereocenters. The molecule has 2 amide bonds. The maximum absolute atomic E-state index is 13.7. The van der Waals surface area contributed by atoms with Gasteiger partial charge in [-0.25, -0.2) is 0 Å². The molecule has 36 heavy (non-hydrogen) atoms. The van der Waals surface area contributed by atoms with E-state index < -0.39 is 6.04 Å². The van der Waals surface area contributed by atoms with E-state index in [-0.39, 0.29) is 23.1 Å². The Kier molecular flexibility index (Phi) is 6.45. The number of anilines is 1. The fourth-order valence-electron chi connectivity index (χ4n) is 5.34. The molecule has 1 aromatic carbocycles. The van der Waals surface area contributed by atoms with E-state index in [4.69, 9.17) is 0 Å². The van der Waals surface area contributed by atoms with E-state index in [0.29, 0.717) is 23.8 Å². The van der Waals surface area contributed by atoms with Crippen LogP contribution in [0.15, 0.2) is 36.5 Å². The number of hydrogen-bond acceptors (Lipinski definition) is 4. The minimum atomic E-state index is -0.597. The predicted molar refractivity (Wildman–Crippen MR) is 139 cm³/mol. The molecule has 2 heterocycles. The summed E-state index contributed by atoms with van der Waals surface area (Å²) in [7, 11) is 0. The first-order valence-corrected chi connectivity index (χ1v) is 13.0. The van der Waals surface area contributed by atoms with Crippen molar-refractivity contribution in [1.82, 2.24) is 25.3 Å². The summed E-state index contributed by atoms with van der Waals surface area (Å²) in [6.45, 7) is 8.82. The number of aryl methyl sites for hydroxylation is 3. The van der Waals surface area contributed by atoms with Crippen LogP contribution in [0.3, 0.4) is 0 Å². The van der Waals surface area contributed by atoms with Crippen molar-refractivity contribution in [3.8, 4) is 11.1 Å². The number of amides is 2. The predicted octanol–water partition coefficient (Wildman–Crippen LogP) is 4.86. The van der Waals surface area contributed by atoms with Gasteiger partial charge in [-0.2, -0.15) is 10.2 Å². The van der Waals surface area contributed by atoms with Gasteiger partial charge in [-0.3, -0.25) is 19.4 Å². The fourth-order valence-corrected chi connectivity index (χ4v) is 5.34. The van der Waals surface area contributed by atoms with Crippen LogP contribution in [0.2, 0.25) is 0 Å². The molecule has 2 aromatic heterocycles. The van der Waals surface area contributed by atoms with Gasteiger partial charge in [-0.1, -0.05) is 19.1 Å². The topological polar surface area (TPSA) is 105 Å². The zero-order valence-corrected chi connectivity index (χ0v) is 21.6. The quantitative estimate of drug-likeness (QED) is 0.379. The monoisotopic (exact) mass is 488 g/mol. The zero-order chi connectivity index (χ0) is 25.4. The van der Waals surface area contributed by atoms with Gasteiger partial charge in [0.05, 0.1) is 5.69 Å². The number of benzene rings is 1. The van der Waals surface area contributed by atoms with E-state index in [9.17, 15) is 9.59 Å². The van der Waals surface area contributed by atoms with Crippen molar-refractivity contribution >= 4 is 17.5 Å². The highest BCUT2D eigenvalue weighted by molar-refractivity contribution is 6.00. The molecule has 0 aliphatic heterocycles. The van der Waals surface area contributed by atoms with Crippen LogP contribution in [-0.2, 0) is 11.3 Å². The maximum atomic E-state index is 13.7. The Labute approximate surface area is 212 Å². The summed E-state index contributed by atoms with van der Waals surface area (Å²) < 4.78 is 1.66. The Bertz CT molecular complexity index is 1230. The van der Waals surface area contributed by atoms with Crippen LogP contribution in [-0.4, -0.2) is 37.8 Å². The number of aromatic nitrogens is 4. The number of H-pyrrole nitrogens is 1. The molecule has 0 bridgehead atoms. The van der Waals surface area contributed by atoms with Crippen LogP contribution in [0.5, 0.6) is 0 Å². The highest BCUT2D eigenvalue weighted by Crippen LogP contribution is 2.54. The van der Waals surface area contributed by atoms with E-state index >= 15 is 0 Å². The molecule has 0 spiro atoms. The lowest BCUT2D eigenvalue weighted by molar-refractivity contribution is -0.119. The highest BCUT2D eigenvalue weighted by atomic mass is 16.2. The first-order chi connectivity index (χ1) is 17.3. The second-order valence-electron chi connectivity index (χ2n) is 10.9. The van der Waals surface area contributed by atoms with Crippen molar-refractivity contribution in [2.45, 2.75) is 72.4 Å². The summed E-state index contributed by atoms with van der Waals surface area (Å²) in [5.41, 5.74) is 5.57. The molecule has 5 rings (SSSR count). The smallest absolute Gasteiger partial charge is 0.270 e. The second kappa shape index (κ2) is 9.56. The van der Waals surface area contributed by atoms with Gasteiger partial charge in [0.15, 0.2) is 0 Å². The highest BCUT2D eigenvalue weighted by Gasteiger charge is 2.48. The van der Waals surface area contributed by atoms with Gasteiger partial charge in [0.2, 0.25) is 5.91 Å². The molecule has 2 atom stereocenters. The molecule has 190 valence electrons. The number of carbonyl (C=O) groups is 2. The normalized spacial score (nSPS) is 17.9. The Morgan fingerprint density at radius 1 is 1.17 bits per heavy atom. The third-order valence-electron chi connectivity index (χ3n) is 7.87. The Hall–Kier alpha value is -3.42. The number of rotatable bonds is 10. The van der Waals surface area contributed by atoms with E-state index in [1.807, 2.05) is 45.0 Å². The van der Waals surface area contributed by atoms with Gasteiger partial charge in [0.25, 0.3) is 5.91 Å². The molecule has 8 nitrogen and oxygen atoms in total. The zero-order valence-electron chi connectivity index (χ0n) is 21.6. The van der Waals surface area contributed by atoms with Crippen LogP contribution in [0.4, 0.5) is 5.69 Å². The molecular weight excluding hydrogens is 452 g/mol. The molecular formula is C28H36N6O2. The molecule has 8 heteroatoms. The van der Waals surface area contributed by atoms with Gasteiger partial charge in [0.1, 0.15) is 11.7 Å². The van der Waals surface area contributed by atoms with Crippen molar-refractivity contribution in [2.24, 2.45) is 17.3 Å². The summed E-state index contributed by atoms with van der Waals surface area (Å²) in [5, 5.41) is 17.7. The average molecular weight is 489 g/mol. The van der Waals surface area contributed by atoms with Gasteiger partial charge >= 0.3 is 0 Å². The summed E-state index contributed by atoms with van der Waals surface area (Å²) in [5.74, 6) is 0.191. The summed E-state index contributed by atoms with van der Waals surface area (Å²) in [4.78, 5) is 27.0. The second-order valence-corrected chi connectivity index (χ2v) is 10.9. The van der Waals surface area contributed by atoms with Crippen molar-refractivity contribution in [3.05, 3.63) is 53.6 Å². The molecule has 2 saturated carbocycles. The molecule has 3 N–H and O–H groups in total. The van der Waals surface area contributed by atoms with Gasteiger partial charge in [-0.05, 0) is 93.9 Å². The van der Waals surface area contributed by atoms with Gasteiger partial charge < -0.3 is 10.6 Å². The van der Waals surface area contributed by atoms with Crippen LogP contribution in [0, 0.1) is 31.1 Å². The average Bonchev–Trinajstić information content (AvgIpc) is 3.76. The van der Waals surface area contributed by atoms with Crippen LogP contribution in [0.25, 0.3) is 11.1 Å². The number of carbonyl (C=O) groups excluding carboxylic acids is 2.